The van der Waals surface area contributed by atoms with Gasteiger partial charge in [0.1, 0.15) is 0 Å². The van der Waals surface area contributed by atoms with E-state index in [0.29, 0.717) is 0 Å². The fraction of sp³-hybridized carbons (Fsp3) is 0.938. The van der Waals surface area contributed by atoms with Gasteiger partial charge in [-0.15, -0.1) is 12.4 Å². The van der Waals surface area contributed by atoms with Gasteiger partial charge in [0.05, 0.1) is 6.04 Å². The molecule has 0 spiro atoms. The number of carbonyl (C=O) groups excluding carboxylic acids is 1. The first-order valence-electron chi connectivity index (χ1n) is 8.64. The fourth-order valence-corrected chi connectivity index (χ4v) is 5.04. The summed E-state index contributed by atoms with van der Waals surface area (Å²) >= 11 is 2.07. The highest BCUT2D eigenvalue weighted by Gasteiger charge is 2.39. The van der Waals surface area contributed by atoms with Crippen LogP contribution >= 0.6 is 24.2 Å². The molecule has 3 rings (SSSR count). The number of halogens is 1. The summed E-state index contributed by atoms with van der Waals surface area (Å²) < 4.78 is 0. The molecule has 0 aromatic carbocycles. The molecule has 0 bridgehead atoms. The summed E-state index contributed by atoms with van der Waals surface area (Å²) in [5.74, 6) is 2.73. The second kappa shape index (κ2) is 8.76. The van der Waals surface area contributed by atoms with Crippen LogP contribution in [0.3, 0.4) is 0 Å². The maximum atomic E-state index is 12.3. The first-order valence-corrected chi connectivity index (χ1v) is 9.80. The van der Waals surface area contributed by atoms with Gasteiger partial charge in [0, 0.05) is 36.7 Å². The van der Waals surface area contributed by atoms with Crippen molar-refractivity contribution in [2.45, 2.75) is 56.5 Å². The molecule has 2 N–H and O–H groups in total. The number of thioether (sulfide) groups is 1. The monoisotopic (exact) mass is 347 g/mol. The zero-order valence-corrected chi connectivity index (χ0v) is 15.1. The van der Waals surface area contributed by atoms with E-state index in [1.54, 1.807) is 0 Å². The van der Waals surface area contributed by atoms with Crippen LogP contribution in [0.4, 0.5) is 0 Å². The SMILES string of the molecule is Cl.O=C(NCC1(N2CCSCC2)CCCCC1)C1CCCN1. The van der Waals surface area contributed by atoms with E-state index in [-0.39, 0.29) is 29.9 Å². The molecule has 1 aliphatic carbocycles. The highest BCUT2D eigenvalue weighted by Crippen LogP contribution is 2.34. The van der Waals surface area contributed by atoms with Crippen LogP contribution in [-0.2, 0) is 4.79 Å². The first kappa shape index (κ1) is 18.4. The molecule has 0 radical (unpaired) electrons. The molecule has 3 fully saturated rings. The van der Waals surface area contributed by atoms with Gasteiger partial charge in [-0.05, 0) is 32.2 Å². The normalized spacial score (nSPS) is 28.8. The van der Waals surface area contributed by atoms with Gasteiger partial charge in [-0.25, -0.2) is 0 Å². The number of nitrogens with one attached hydrogen (secondary N) is 2. The lowest BCUT2D eigenvalue weighted by atomic mass is 9.80. The highest BCUT2D eigenvalue weighted by molar-refractivity contribution is 7.99. The number of nitrogens with zero attached hydrogens (tertiary/aromatic N) is 1. The predicted octanol–water partition coefficient (Wildman–Crippen LogP) is 2.03. The third-order valence-electron chi connectivity index (χ3n) is 5.43. The molecule has 1 atom stereocenters. The molecule has 6 heteroatoms. The largest absolute Gasteiger partial charge is 0.353 e. The predicted molar refractivity (Wildman–Crippen MR) is 96.0 cm³/mol. The van der Waals surface area contributed by atoms with E-state index in [1.165, 1.54) is 56.7 Å². The molecular formula is C16H30ClN3OS. The van der Waals surface area contributed by atoms with Crippen LogP contribution in [0, 0.1) is 0 Å². The van der Waals surface area contributed by atoms with Crippen LogP contribution in [0.2, 0.25) is 0 Å². The van der Waals surface area contributed by atoms with Crippen molar-refractivity contribution in [3.05, 3.63) is 0 Å². The van der Waals surface area contributed by atoms with Gasteiger partial charge in [-0.2, -0.15) is 11.8 Å². The van der Waals surface area contributed by atoms with E-state index < -0.39 is 0 Å². The lowest BCUT2D eigenvalue weighted by Gasteiger charge is -2.48. The Labute approximate surface area is 144 Å². The number of hydrogen-bond donors (Lipinski definition) is 2. The van der Waals surface area contributed by atoms with E-state index >= 15 is 0 Å². The zero-order chi connectivity index (χ0) is 14.5. The molecule has 128 valence electrons. The van der Waals surface area contributed by atoms with Gasteiger partial charge in [0.25, 0.3) is 0 Å². The number of rotatable bonds is 4. The average Bonchev–Trinajstić information content (AvgIpc) is 3.09. The van der Waals surface area contributed by atoms with Crippen molar-refractivity contribution in [3.8, 4) is 0 Å². The molecule has 1 amide bonds. The summed E-state index contributed by atoms with van der Waals surface area (Å²) in [7, 11) is 0. The van der Waals surface area contributed by atoms with Crippen LogP contribution in [0.5, 0.6) is 0 Å². The Bertz CT molecular complexity index is 351. The summed E-state index contributed by atoms with van der Waals surface area (Å²) in [5, 5.41) is 6.59. The summed E-state index contributed by atoms with van der Waals surface area (Å²) in [6, 6.07) is 0.0579. The minimum absolute atomic E-state index is 0. The van der Waals surface area contributed by atoms with Crippen LogP contribution in [0.1, 0.15) is 44.9 Å². The van der Waals surface area contributed by atoms with E-state index in [4.69, 9.17) is 0 Å². The van der Waals surface area contributed by atoms with Crippen molar-refractivity contribution in [3.63, 3.8) is 0 Å². The minimum atomic E-state index is 0. The number of carbonyl (C=O) groups is 1. The van der Waals surface area contributed by atoms with E-state index in [2.05, 4.69) is 27.3 Å². The first-order chi connectivity index (χ1) is 10.3. The maximum Gasteiger partial charge on any atom is 0.237 e. The van der Waals surface area contributed by atoms with Gasteiger partial charge in [0.2, 0.25) is 5.91 Å². The summed E-state index contributed by atoms with van der Waals surface area (Å²) in [4.78, 5) is 15.0. The topological polar surface area (TPSA) is 44.4 Å². The molecular weight excluding hydrogens is 318 g/mol. The van der Waals surface area contributed by atoms with Crippen LogP contribution in [0.25, 0.3) is 0 Å². The van der Waals surface area contributed by atoms with Gasteiger partial charge >= 0.3 is 0 Å². The van der Waals surface area contributed by atoms with E-state index in [0.717, 1.165) is 25.9 Å². The number of hydrogen-bond acceptors (Lipinski definition) is 4. The Hall–Kier alpha value is 0.0300. The van der Waals surface area contributed by atoms with Crippen LogP contribution in [-0.4, -0.2) is 60.1 Å². The Morgan fingerprint density at radius 2 is 1.91 bits per heavy atom. The second-order valence-corrected chi connectivity index (χ2v) is 7.98. The second-order valence-electron chi connectivity index (χ2n) is 6.75. The molecule has 3 aliphatic rings. The average molecular weight is 348 g/mol. The number of amides is 1. The van der Waals surface area contributed by atoms with Crippen molar-refractivity contribution in [2.75, 3.05) is 37.7 Å². The minimum Gasteiger partial charge on any atom is -0.353 e. The molecule has 4 nitrogen and oxygen atoms in total. The van der Waals surface area contributed by atoms with Crippen molar-refractivity contribution in [1.29, 1.82) is 0 Å². The summed E-state index contributed by atoms with van der Waals surface area (Å²) in [5.41, 5.74) is 0.244. The van der Waals surface area contributed by atoms with E-state index in [9.17, 15) is 4.79 Å². The third-order valence-corrected chi connectivity index (χ3v) is 6.38. The van der Waals surface area contributed by atoms with Gasteiger partial charge in [0.15, 0.2) is 0 Å². The van der Waals surface area contributed by atoms with Crippen molar-refractivity contribution >= 4 is 30.1 Å². The molecule has 0 aromatic heterocycles. The van der Waals surface area contributed by atoms with Crippen molar-refractivity contribution < 1.29 is 4.79 Å². The molecule has 1 unspecified atom stereocenters. The van der Waals surface area contributed by atoms with Crippen LogP contribution < -0.4 is 10.6 Å². The lowest BCUT2D eigenvalue weighted by Crippen LogP contribution is -2.59. The Kier molecular flexibility index (Phi) is 7.32. The highest BCUT2D eigenvalue weighted by atomic mass is 35.5. The Morgan fingerprint density at radius 3 is 2.55 bits per heavy atom. The van der Waals surface area contributed by atoms with Gasteiger partial charge < -0.3 is 10.6 Å². The van der Waals surface area contributed by atoms with Gasteiger partial charge in [-0.1, -0.05) is 19.3 Å². The van der Waals surface area contributed by atoms with E-state index in [1.807, 2.05) is 0 Å². The molecule has 2 saturated heterocycles. The standard InChI is InChI=1S/C16H29N3OS.ClH/c20-15(14-5-4-8-17-14)18-13-16(6-2-1-3-7-16)19-9-11-21-12-10-19;/h14,17H,1-13H2,(H,18,20);1H. The third kappa shape index (κ3) is 4.31. The van der Waals surface area contributed by atoms with Crippen molar-refractivity contribution in [1.82, 2.24) is 15.5 Å². The van der Waals surface area contributed by atoms with Crippen LogP contribution in [0.15, 0.2) is 0 Å². The molecule has 22 heavy (non-hydrogen) atoms. The smallest absolute Gasteiger partial charge is 0.237 e. The molecule has 2 aliphatic heterocycles. The quantitative estimate of drug-likeness (QED) is 0.816. The summed E-state index contributed by atoms with van der Waals surface area (Å²) in [6.07, 6.45) is 8.66. The Morgan fingerprint density at radius 1 is 1.18 bits per heavy atom. The van der Waals surface area contributed by atoms with Crippen molar-refractivity contribution in [2.24, 2.45) is 0 Å². The Balaban J connectivity index is 0.00000176. The van der Waals surface area contributed by atoms with Gasteiger partial charge in [-0.3, -0.25) is 9.69 Å². The fourth-order valence-electron chi connectivity index (χ4n) is 4.14. The summed E-state index contributed by atoms with van der Waals surface area (Å²) in [6.45, 7) is 4.24. The maximum absolute atomic E-state index is 12.3. The molecule has 2 heterocycles. The molecule has 0 aromatic rings. The zero-order valence-electron chi connectivity index (χ0n) is 13.4. The lowest BCUT2D eigenvalue weighted by molar-refractivity contribution is -0.123. The molecule has 1 saturated carbocycles.